The molecule has 0 aromatic heterocycles. The number of esters is 1. The van der Waals surface area contributed by atoms with Gasteiger partial charge in [-0.25, -0.2) is 4.79 Å². The third-order valence-corrected chi connectivity index (χ3v) is 4.12. The molecule has 28 heavy (non-hydrogen) atoms. The fourth-order valence-electron chi connectivity index (χ4n) is 2.55. The summed E-state index contributed by atoms with van der Waals surface area (Å²) in [4.78, 5) is 37.8. The number of ether oxygens (including phenoxy) is 1. The van der Waals surface area contributed by atoms with Crippen molar-refractivity contribution in [3.05, 3.63) is 59.2 Å². The summed E-state index contributed by atoms with van der Waals surface area (Å²) in [7, 11) is 3.72. The largest absolute Gasteiger partial charge is 0.452 e. The molecule has 0 bridgehead atoms. The fourth-order valence-corrected chi connectivity index (χ4v) is 2.55. The molecule has 0 fully saturated rings. The van der Waals surface area contributed by atoms with E-state index in [1.54, 1.807) is 18.2 Å². The van der Waals surface area contributed by atoms with Gasteiger partial charge >= 0.3 is 5.97 Å². The summed E-state index contributed by atoms with van der Waals surface area (Å²) >= 11 is 0. The quantitative estimate of drug-likeness (QED) is 0.716. The Morgan fingerprint density at radius 1 is 0.964 bits per heavy atom. The van der Waals surface area contributed by atoms with Crippen LogP contribution in [0.4, 0.5) is 11.4 Å². The second kappa shape index (κ2) is 9.55. The van der Waals surface area contributed by atoms with Crippen molar-refractivity contribution < 1.29 is 19.1 Å². The first kappa shape index (κ1) is 21.0. The molecule has 148 valence electrons. The van der Waals surface area contributed by atoms with Gasteiger partial charge in [-0.05, 0) is 43.2 Å². The van der Waals surface area contributed by atoms with Gasteiger partial charge in [0.1, 0.15) is 0 Å². The van der Waals surface area contributed by atoms with Gasteiger partial charge in [-0.1, -0.05) is 24.3 Å². The van der Waals surface area contributed by atoms with Crippen molar-refractivity contribution in [2.45, 2.75) is 13.8 Å². The Morgan fingerprint density at radius 3 is 2.25 bits per heavy atom. The number of hydrogen-bond donors (Lipinski definition) is 2. The second-order valence-electron chi connectivity index (χ2n) is 6.61. The normalized spacial score (nSPS) is 10.1. The molecule has 2 amide bonds. The Hall–Kier alpha value is -3.35. The van der Waals surface area contributed by atoms with E-state index in [0.29, 0.717) is 5.56 Å². The number of hydrogen-bond acceptors (Lipinski definition) is 5. The Labute approximate surface area is 164 Å². The van der Waals surface area contributed by atoms with E-state index in [1.165, 1.54) is 0 Å². The third kappa shape index (κ3) is 5.84. The summed E-state index contributed by atoms with van der Waals surface area (Å²) < 4.78 is 5.01. The number of aryl methyl sites for hydroxylation is 2. The first-order valence-electron chi connectivity index (χ1n) is 8.85. The minimum absolute atomic E-state index is 0.208. The molecule has 7 nitrogen and oxygen atoms in total. The summed E-state index contributed by atoms with van der Waals surface area (Å²) in [5.74, 6) is -1.50. The molecule has 0 heterocycles. The Balaban J connectivity index is 1.80. The number of carbonyl (C=O) groups excluding carboxylic acids is 3. The zero-order valence-electron chi connectivity index (χ0n) is 16.5. The first-order valence-corrected chi connectivity index (χ1v) is 8.85. The van der Waals surface area contributed by atoms with Crippen molar-refractivity contribution in [3.8, 4) is 0 Å². The topological polar surface area (TPSA) is 87.7 Å². The minimum Gasteiger partial charge on any atom is -0.452 e. The lowest BCUT2D eigenvalue weighted by atomic mass is 10.1. The maximum atomic E-state index is 12.1. The highest BCUT2D eigenvalue weighted by molar-refractivity contribution is 5.96. The van der Waals surface area contributed by atoms with E-state index in [-0.39, 0.29) is 12.5 Å². The molecular weight excluding hydrogens is 358 g/mol. The standard InChI is InChI=1S/C21H25N3O4/c1-14-7-5-8-15(2)20(14)23-18(25)12-22-19(26)13-28-21(27)16-9-6-10-17(11-16)24(3)4/h5-11H,12-13H2,1-4H3,(H,22,26)(H,23,25). The van der Waals surface area contributed by atoms with Gasteiger partial charge in [0.05, 0.1) is 12.1 Å². The molecule has 0 unspecified atom stereocenters. The monoisotopic (exact) mass is 383 g/mol. The molecule has 0 aliphatic heterocycles. The van der Waals surface area contributed by atoms with Crippen LogP contribution >= 0.6 is 0 Å². The molecule has 0 radical (unpaired) electrons. The maximum Gasteiger partial charge on any atom is 0.338 e. The van der Waals surface area contributed by atoms with Crippen molar-refractivity contribution >= 4 is 29.2 Å². The number of nitrogens with zero attached hydrogens (tertiary/aromatic N) is 1. The first-order chi connectivity index (χ1) is 13.3. The molecular formula is C21H25N3O4. The van der Waals surface area contributed by atoms with E-state index in [4.69, 9.17) is 4.74 Å². The molecule has 2 aromatic rings. The number of carbonyl (C=O) groups is 3. The molecule has 0 spiro atoms. The van der Waals surface area contributed by atoms with Gasteiger partial charge in [0.2, 0.25) is 5.91 Å². The highest BCUT2D eigenvalue weighted by Crippen LogP contribution is 2.19. The Kier molecular flexibility index (Phi) is 7.14. The van der Waals surface area contributed by atoms with Crippen LogP contribution in [0.5, 0.6) is 0 Å². The van der Waals surface area contributed by atoms with Gasteiger partial charge in [0, 0.05) is 25.5 Å². The summed E-state index contributed by atoms with van der Waals surface area (Å²) in [6.07, 6.45) is 0. The van der Waals surface area contributed by atoms with Crippen LogP contribution in [0.2, 0.25) is 0 Å². The Bertz CT molecular complexity index is 857. The van der Waals surface area contributed by atoms with E-state index in [0.717, 1.165) is 22.5 Å². The third-order valence-electron chi connectivity index (χ3n) is 4.12. The average Bonchev–Trinajstić information content (AvgIpc) is 2.67. The van der Waals surface area contributed by atoms with Crippen LogP contribution in [0.15, 0.2) is 42.5 Å². The molecule has 2 rings (SSSR count). The van der Waals surface area contributed by atoms with Gasteiger partial charge < -0.3 is 20.3 Å². The lowest BCUT2D eigenvalue weighted by molar-refractivity contribution is -0.126. The maximum absolute atomic E-state index is 12.1. The molecule has 0 aliphatic rings. The summed E-state index contributed by atoms with van der Waals surface area (Å²) in [6.45, 7) is 3.12. The van der Waals surface area contributed by atoms with Crippen molar-refractivity contribution in [3.63, 3.8) is 0 Å². The van der Waals surface area contributed by atoms with Crippen LogP contribution in [-0.2, 0) is 14.3 Å². The predicted octanol–water partition coefficient (Wildman–Crippen LogP) is 2.28. The molecule has 0 aliphatic carbocycles. The smallest absolute Gasteiger partial charge is 0.338 e. The van der Waals surface area contributed by atoms with Crippen LogP contribution < -0.4 is 15.5 Å². The summed E-state index contributed by atoms with van der Waals surface area (Å²) in [6, 6.07) is 12.6. The van der Waals surface area contributed by atoms with Crippen LogP contribution in [0.1, 0.15) is 21.5 Å². The second-order valence-corrected chi connectivity index (χ2v) is 6.61. The Morgan fingerprint density at radius 2 is 1.61 bits per heavy atom. The van der Waals surface area contributed by atoms with Gasteiger partial charge in [0.15, 0.2) is 6.61 Å². The van der Waals surface area contributed by atoms with E-state index in [2.05, 4.69) is 10.6 Å². The van der Waals surface area contributed by atoms with E-state index in [1.807, 2.05) is 57.1 Å². The van der Waals surface area contributed by atoms with E-state index in [9.17, 15) is 14.4 Å². The molecule has 2 N–H and O–H groups in total. The molecule has 0 atom stereocenters. The van der Waals surface area contributed by atoms with Crippen LogP contribution in [-0.4, -0.2) is 45.0 Å². The number of nitrogens with one attached hydrogen (secondary N) is 2. The van der Waals surface area contributed by atoms with Crippen LogP contribution in [0.25, 0.3) is 0 Å². The van der Waals surface area contributed by atoms with Crippen molar-refractivity contribution in [1.29, 1.82) is 0 Å². The van der Waals surface area contributed by atoms with Gasteiger partial charge in [-0.3, -0.25) is 9.59 Å². The minimum atomic E-state index is -0.598. The van der Waals surface area contributed by atoms with Gasteiger partial charge in [0.25, 0.3) is 5.91 Å². The molecule has 2 aromatic carbocycles. The van der Waals surface area contributed by atoms with Crippen LogP contribution in [0.3, 0.4) is 0 Å². The fraction of sp³-hybridized carbons (Fsp3) is 0.286. The van der Waals surface area contributed by atoms with Gasteiger partial charge in [-0.15, -0.1) is 0 Å². The number of amides is 2. The van der Waals surface area contributed by atoms with Gasteiger partial charge in [-0.2, -0.15) is 0 Å². The number of para-hydroxylation sites is 1. The average molecular weight is 383 g/mol. The molecule has 7 heteroatoms. The van der Waals surface area contributed by atoms with Crippen molar-refractivity contribution in [2.24, 2.45) is 0 Å². The zero-order chi connectivity index (χ0) is 20.7. The molecule has 0 saturated carbocycles. The SMILES string of the molecule is Cc1cccc(C)c1NC(=O)CNC(=O)COC(=O)c1cccc(N(C)C)c1. The van der Waals surface area contributed by atoms with Crippen LogP contribution in [0, 0.1) is 13.8 Å². The summed E-state index contributed by atoms with van der Waals surface area (Å²) in [5, 5.41) is 5.22. The number of anilines is 2. The predicted molar refractivity (Wildman–Crippen MR) is 109 cm³/mol. The highest BCUT2D eigenvalue weighted by Gasteiger charge is 2.13. The molecule has 0 saturated heterocycles. The number of rotatable bonds is 7. The van der Waals surface area contributed by atoms with Crippen molar-refractivity contribution in [2.75, 3.05) is 37.5 Å². The van der Waals surface area contributed by atoms with Crippen molar-refractivity contribution in [1.82, 2.24) is 5.32 Å². The lowest BCUT2D eigenvalue weighted by Gasteiger charge is -2.13. The van der Waals surface area contributed by atoms with E-state index >= 15 is 0 Å². The zero-order valence-corrected chi connectivity index (χ0v) is 16.5. The van der Waals surface area contributed by atoms with E-state index < -0.39 is 18.5 Å². The number of benzene rings is 2. The summed E-state index contributed by atoms with van der Waals surface area (Å²) in [5.41, 5.74) is 3.81. The lowest BCUT2D eigenvalue weighted by Crippen LogP contribution is -2.35. The highest BCUT2D eigenvalue weighted by atomic mass is 16.5.